The number of hydrogen-bond donors (Lipinski definition) is 0. The lowest BCUT2D eigenvalue weighted by molar-refractivity contribution is -0.203. The molecule has 0 N–H and O–H groups in total. The molecule has 0 aliphatic rings. The molecule has 1 heterocycles. The Hall–Kier alpha value is -2.50. The van der Waals surface area contributed by atoms with E-state index < -0.39 is 5.41 Å². The maximum atomic E-state index is 12.4. The van der Waals surface area contributed by atoms with Crippen LogP contribution in [0.5, 0.6) is 0 Å². The average molecular weight is 409 g/mol. The van der Waals surface area contributed by atoms with Crippen LogP contribution in [0, 0.1) is 12.3 Å². The van der Waals surface area contributed by atoms with E-state index in [0.29, 0.717) is 13.1 Å². The highest BCUT2D eigenvalue weighted by Gasteiger charge is 2.25. The first-order chi connectivity index (χ1) is 13.8. The second kappa shape index (κ2) is 9.33. The summed E-state index contributed by atoms with van der Waals surface area (Å²) in [6, 6.07) is 16.4. The Bertz CT molecular complexity index is 987. The van der Waals surface area contributed by atoms with Crippen LogP contribution < -0.4 is 0 Å². The molecule has 0 bridgehead atoms. The van der Waals surface area contributed by atoms with Gasteiger partial charge in [-0.2, -0.15) is 0 Å². The molecule has 0 radical (unpaired) electrons. The van der Waals surface area contributed by atoms with Gasteiger partial charge in [0.2, 0.25) is 0 Å². The Kier molecular flexibility index (Phi) is 6.83. The number of aryl methyl sites for hydroxylation is 1. The van der Waals surface area contributed by atoms with Crippen LogP contribution in [0.3, 0.4) is 0 Å². The van der Waals surface area contributed by atoms with Crippen molar-refractivity contribution in [2.45, 2.75) is 40.7 Å². The zero-order chi connectivity index (χ0) is 20.9. The van der Waals surface area contributed by atoms with Crippen LogP contribution >= 0.6 is 11.3 Å². The smallest absolute Gasteiger partial charge is 0.330 e. The number of carbonyl (C=O) groups is 1. The van der Waals surface area contributed by atoms with Gasteiger partial charge in [0, 0.05) is 6.54 Å². The molecule has 0 aliphatic carbocycles. The number of benzene rings is 2. The van der Waals surface area contributed by atoms with E-state index in [1.54, 1.807) is 16.4 Å². The summed E-state index contributed by atoms with van der Waals surface area (Å²) in [5.74, 6) is -0.219. The fraction of sp³-hybridized carbons (Fsp3) is 0.333. The predicted octanol–water partition coefficient (Wildman–Crippen LogP) is 6.01. The van der Waals surface area contributed by atoms with Crippen LogP contribution in [0.15, 0.2) is 54.6 Å². The van der Waals surface area contributed by atoms with Crippen LogP contribution in [0.2, 0.25) is 0 Å². The van der Waals surface area contributed by atoms with Gasteiger partial charge in [0.05, 0.1) is 27.2 Å². The summed E-state index contributed by atoms with van der Waals surface area (Å²) < 4.78 is 1.20. The molecule has 29 heavy (non-hydrogen) atoms. The standard InChI is InChI=1S/C24H28N2O2S/c1-18-25-21-14-13-19(16-22(21)29-18)10-8-9-15-26(28-23(27)24(2,3)4)17-20-11-6-5-7-12-20/h5-8,10-14,16H,9,15,17H2,1-4H3/b10-8+. The summed E-state index contributed by atoms with van der Waals surface area (Å²) in [6.45, 7) is 8.84. The first kappa shape index (κ1) is 21.2. The second-order valence-corrected chi connectivity index (χ2v) is 9.36. The molecular formula is C24H28N2O2S. The molecule has 4 nitrogen and oxygen atoms in total. The predicted molar refractivity (Wildman–Crippen MR) is 120 cm³/mol. The van der Waals surface area contributed by atoms with Gasteiger partial charge in [0.25, 0.3) is 0 Å². The van der Waals surface area contributed by atoms with E-state index in [1.807, 2.05) is 58.0 Å². The number of thiazole rings is 1. The van der Waals surface area contributed by atoms with Gasteiger partial charge in [0.15, 0.2) is 0 Å². The van der Waals surface area contributed by atoms with Gasteiger partial charge in [-0.1, -0.05) is 48.6 Å². The molecule has 1 aromatic heterocycles. The van der Waals surface area contributed by atoms with Crippen LogP contribution in [-0.2, 0) is 16.2 Å². The number of hydrogen-bond acceptors (Lipinski definition) is 5. The van der Waals surface area contributed by atoms with Crippen molar-refractivity contribution in [1.82, 2.24) is 10.0 Å². The maximum absolute atomic E-state index is 12.4. The highest BCUT2D eigenvalue weighted by molar-refractivity contribution is 7.18. The summed E-state index contributed by atoms with van der Waals surface area (Å²) in [6.07, 6.45) is 5.02. The minimum atomic E-state index is -0.535. The van der Waals surface area contributed by atoms with Crippen molar-refractivity contribution < 1.29 is 9.63 Å². The summed E-state index contributed by atoms with van der Waals surface area (Å²) in [4.78, 5) is 22.5. The molecule has 0 atom stereocenters. The highest BCUT2D eigenvalue weighted by Crippen LogP contribution is 2.23. The summed E-state index contributed by atoms with van der Waals surface area (Å²) in [5, 5.41) is 2.83. The topological polar surface area (TPSA) is 42.4 Å². The molecule has 0 saturated carbocycles. The van der Waals surface area contributed by atoms with E-state index in [9.17, 15) is 4.79 Å². The summed E-state index contributed by atoms with van der Waals surface area (Å²) in [5.41, 5.74) is 2.78. The Morgan fingerprint density at radius 3 is 2.66 bits per heavy atom. The minimum absolute atomic E-state index is 0.219. The number of carbonyl (C=O) groups excluding carboxylic acids is 1. The van der Waals surface area contributed by atoms with E-state index in [1.165, 1.54) is 4.70 Å². The highest BCUT2D eigenvalue weighted by atomic mass is 32.1. The van der Waals surface area contributed by atoms with Crippen molar-refractivity contribution in [2.75, 3.05) is 6.54 Å². The van der Waals surface area contributed by atoms with Crippen molar-refractivity contribution in [3.8, 4) is 0 Å². The molecular weight excluding hydrogens is 380 g/mol. The quantitative estimate of drug-likeness (QED) is 0.449. The van der Waals surface area contributed by atoms with Crippen molar-refractivity contribution in [3.63, 3.8) is 0 Å². The number of rotatable bonds is 7. The van der Waals surface area contributed by atoms with Gasteiger partial charge in [-0.05, 0) is 57.4 Å². The van der Waals surface area contributed by atoms with Crippen LogP contribution in [0.4, 0.5) is 0 Å². The first-order valence-corrected chi connectivity index (χ1v) is 10.7. The molecule has 0 fully saturated rings. The molecule has 0 amide bonds. The Morgan fingerprint density at radius 1 is 1.17 bits per heavy atom. The zero-order valence-electron chi connectivity index (χ0n) is 17.5. The van der Waals surface area contributed by atoms with E-state index in [-0.39, 0.29) is 5.97 Å². The average Bonchev–Trinajstić information content (AvgIpc) is 3.04. The molecule has 152 valence electrons. The van der Waals surface area contributed by atoms with Gasteiger partial charge in [-0.25, -0.2) is 9.78 Å². The lowest BCUT2D eigenvalue weighted by Gasteiger charge is -2.25. The largest absolute Gasteiger partial charge is 0.367 e. The summed E-state index contributed by atoms with van der Waals surface area (Å²) in [7, 11) is 0. The van der Waals surface area contributed by atoms with Crippen LogP contribution in [0.1, 0.15) is 43.3 Å². The third kappa shape index (κ3) is 6.24. The third-order valence-electron chi connectivity index (χ3n) is 4.40. The number of nitrogens with zero attached hydrogens (tertiary/aromatic N) is 2. The van der Waals surface area contributed by atoms with Gasteiger partial charge < -0.3 is 4.84 Å². The maximum Gasteiger partial charge on any atom is 0.330 e. The molecule has 0 spiro atoms. The van der Waals surface area contributed by atoms with E-state index in [0.717, 1.165) is 28.1 Å². The van der Waals surface area contributed by atoms with Crippen LogP contribution in [0.25, 0.3) is 16.3 Å². The van der Waals surface area contributed by atoms with Gasteiger partial charge in [-0.3, -0.25) is 0 Å². The Morgan fingerprint density at radius 2 is 1.93 bits per heavy atom. The van der Waals surface area contributed by atoms with E-state index in [2.05, 4.69) is 35.3 Å². The van der Waals surface area contributed by atoms with Crippen molar-refractivity contribution >= 4 is 33.6 Å². The lowest BCUT2D eigenvalue weighted by Crippen LogP contribution is -2.33. The lowest BCUT2D eigenvalue weighted by atomic mass is 9.98. The van der Waals surface area contributed by atoms with Crippen LogP contribution in [-0.4, -0.2) is 22.6 Å². The molecule has 3 rings (SSSR count). The van der Waals surface area contributed by atoms with Crippen molar-refractivity contribution in [3.05, 3.63) is 70.7 Å². The second-order valence-electron chi connectivity index (χ2n) is 8.13. The summed E-state index contributed by atoms with van der Waals surface area (Å²) >= 11 is 1.71. The Labute approximate surface area is 176 Å². The van der Waals surface area contributed by atoms with Gasteiger partial charge >= 0.3 is 5.97 Å². The molecule has 5 heteroatoms. The monoisotopic (exact) mass is 408 g/mol. The molecule has 3 aromatic rings. The minimum Gasteiger partial charge on any atom is -0.367 e. The fourth-order valence-electron chi connectivity index (χ4n) is 2.80. The SMILES string of the molecule is Cc1nc2ccc(/C=C/CCN(Cc3ccccc3)OC(=O)C(C)(C)C)cc2s1. The van der Waals surface area contributed by atoms with E-state index in [4.69, 9.17) is 4.84 Å². The zero-order valence-corrected chi connectivity index (χ0v) is 18.3. The fourth-order valence-corrected chi connectivity index (χ4v) is 3.67. The molecule has 0 aliphatic heterocycles. The number of hydroxylamine groups is 2. The first-order valence-electron chi connectivity index (χ1n) is 9.86. The normalized spacial score (nSPS) is 12.2. The third-order valence-corrected chi connectivity index (χ3v) is 5.33. The van der Waals surface area contributed by atoms with Gasteiger partial charge in [-0.15, -0.1) is 16.4 Å². The Balaban J connectivity index is 1.63. The van der Waals surface area contributed by atoms with Crippen molar-refractivity contribution in [2.24, 2.45) is 5.41 Å². The van der Waals surface area contributed by atoms with Crippen molar-refractivity contribution in [1.29, 1.82) is 0 Å². The number of aromatic nitrogens is 1. The molecule has 0 unspecified atom stereocenters. The van der Waals surface area contributed by atoms with E-state index >= 15 is 0 Å². The number of fused-ring (bicyclic) bond motifs is 1. The molecule has 2 aromatic carbocycles. The van der Waals surface area contributed by atoms with Gasteiger partial charge in [0.1, 0.15) is 0 Å². The molecule has 0 saturated heterocycles.